The molecule has 0 spiro atoms. The Labute approximate surface area is 137 Å². The van der Waals surface area contributed by atoms with E-state index in [9.17, 15) is 4.79 Å². The first-order valence-electron chi connectivity index (χ1n) is 6.99. The molecule has 0 radical (unpaired) electrons. The summed E-state index contributed by atoms with van der Waals surface area (Å²) in [5, 5.41) is 11.0. The van der Waals surface area contributed by atoms with Crippen LogP contribution >= 0.6 is 0 Å². The summed E-state index contributed by atoms with van der Waals surface area (Å²) < 4.78 is 7.48. The lowest BCUT2D eigenvalue weighted by Gasteiger charge is -2.08. The van der Waals surface area contributed by atoms with Gasteiger partial charge in [-0.05, 0) is 29.8 Å². The molecule has 0 aliphatic rings. The lowest BCUT2D eigenvalue weighted by atomic mass is 10.1. The van der Waals surface area contributed by atoms with Crippen molar-refractivity contribution in [3.63, 3.8) is 0 Å². The van der Waals surface area contributed by atoms with Crippen LogP contribution in [0.2, 0.25) is 0 Å². The Morgan fingerprint density at radius 2 is 2.04 bits per heavy atom. The highest BCUT2D eigenvalue weighted by atomic mass is 16.5. The second-order valence-electron chi connectivity index (χ2n) is 4.73. The molecule has 1 amide bonds. The molecule has 0 aliphatic carbocycles. The summed E-state index contributed by atoms with van der Waals surface area (Å²) in [6.45, 7) is 0.112. The van der Waals surface area contributed by atoms with E-state index in [1.165, 1.54) is 6.33 Å². The molecule has 2 aromatic heterocycles. The fourth-order valence-corrected chi connectivity index (χ4v) is 2.11. The van der Waals surface area contributed by atoms with Gasteiger partial charge in [0.05, 0.1) is 12.1 Å². The average Bonchev–Trinajstić information content (AvgIpc) is 3.02. The molecular formula is C16H16N4O4. The van der Waals surface area contributed by atoms with Crippen molar-refractivity contribution in [3.8, 4) is 5.75 Å². The number of aromatic nitrogens is 3. The van der Waals surface area contributed by atoms with Crippen LogP contribution in [0, 0.1) is 0 Å². The smallest absolute Gasteiger partial charge is 0.290 e. The molecule has 3 aromatic rings. The van der Waals surface area contributed by atoms with Crippen molar-refractivity contribution >= 4 is 18.0 Å². The Kier molecular flexibility index (Phi) is 5.84. The summed E-state index contributed by atoms with van der Waals surface area (Å²) in [6, 6.07) is 13.0. The quantitative estimate of drug-likeness (QED) is 0.675. The minimum atomic E-state index is -0.362. The van der Waals surface area contributed by atoms with E-state index in [4.69, 9.17) is 20.4 Å². The predicted molar refractivity (Wildman–Crippen MR) is 85.4 cm³/mol. The van der Waals surface area contributed by atoms with E-state index in [1.807, 2.05) is 42.5 Å². The zero-order chi connectivity index (χ0) is 17.4. The molecule has 0 aliphatic heterocycles. The highest BCUT2D eigenvalue weighted by Gasteiger charge is 2.04. The molecule has 0 saturated heterocycles. The predicted octanol–water partition coefficient (Wildman–Crippen LogP) is 1.04. The third kappa shape index (κ3) is 4.54. The maximum absolute atomic E-state index is 10.9. The van der Waals surface area contributed by atoms with Crippen LogP contribution in [-0.2, 0) is 22.6 Å². The van der Waals surface area contributed by atoms with E-state index >= 15 is 0 Å². The Morgan fingerprint density at radius 1 is 1.29 bits per heavy atom. The van der Waals surface area contributed by atoms with E-state index in [0.717, 1.165) is 16.9 Å². The number of pyridine rings is 1. The lowest BCUT2D eigenvalue weighted by molar-refractivity contribution is -0.123. The number of nitrogens with two attached hydrogens (primary N) is 1. The van der Waals surface area contributed by atoms with E-state index in [-0.39, 0.29) is 18.8 Å². The number of nitrogens with zero attached hydrogens (tertiary/aromatic N) is 3. The molecule has 0 fully saturated rings. The Balaban J connectivity index is 0.000000647. The van der Waals surface area contributed by atoms with Crippen LogP contribution in [0.15, 0.2) is 48.8 Å². The maximum Gasteiger partial charge on any atom is 0.290 e. The average molecular weight is 328 g/mol. The van der Waals surface area contributed by atoms with Crippen LogP contribution in [0.1, 0.15) is 11.3 Å². The maximum atomic E-state index is 10.9. The van der Waals surface area contributed by atoms with Crippen LogP contribution in [0.4, 0.5) is 0 Å². The van der Waals surface area contributed by atoms with Crippen LogP contribution < -0.4 is 10.5 Å². The van der Waals surface area contributed by atoms with Crippen molar-refractivity contribution in [1.29, 1.82) is 0 Å². The number of carboxylic acid groups (broad SMARTS) is 1. The first-order chi connectivity index (χ1) is 11.6. The minimum Gasteiger partial charge on any atom is -0.487 e. The van der Waals surface area contributed by atoms with Gasteiger partial charge in [0.25, 0.3) is 6.47 Å². The molecule has 0 saturated carbocycles. The normalized spacial score (nSPS) is 9.83. The van der Waals surface area contributed by atoms with E-state index in [1.54, 1.807) is 4.52 Å². The minimum absolute atomic E-state index is 0.204. The summed E-state index contributed by atoms with van der Waals surface area (Å²) in [5.74, 6) is 0.324. The van der Waals surface area contributed by atoms with Crippen LogP contribution in [-0.4, -0.2) is 32.1 Å². The molecule has 24 heavy (non-hydrogen) atoms. The van der Waals surface area contributed by atoms with E-state index in [0.29, 0.717) is 12.4 Å². The number of fused-ring (bicyclic) bond motifs is 1. The third-order valence-corrected chi connectivity index (χ3v) is 3.04. The summed E-state index contributed by atoms with van der Waals surface area (Å²) in [7, 11) is 0. The van der Waals surface area contributed by atoms with Crippen molar-refractivity contribution in [3.05, 3.63) is 60.0 Å². The third-order valence-electron chi connectivity index (χ3n) is 3.04. The largest absolute Gasteiger partial charge is 0.487 e. The summed E-state index contributed by atoms with van der Waals surface area (Å²) >= 11 is 0. The molecule has 3 N–H and O–H groups in total. The van der Waals surface area contributed by atoms with Gasteiger partial charge >= 0.3 is 0 Å². The zero-order valence-corrected chi connectivity index (χ0v) is 12.7. The number of hydrogen-bond donors (Lipinski definition) is 2. The SMILES string of the molecule is NC(=O)Cc1cccc(OCc2cccc3ncnn23)c1.O=CO. The topological polar surface area (TPSA) is 120 Å². The van der Waals surface area contributed by atoms with Crippen LogP contribution in [0.5, 0.6) is 5.75 Å². The number of amides is 1. The van der Waals surface area contributed by atoms with Crippen molar-refractivity contribution < 1.29 is 19.4 Å². The van der Waals surface area contributed by atoms with Gasteiger partial charge in [-0.15, -0.1) is 0 Å². The fourth-order valence-electron chi connectivity index (χ4n) is 2.11. The van der Waals surface area contributed by atoms with Gasteiger partial charge < -0.3 is 15.6 Å². The first kappa shape index (κ1) is 16.9. The number of hydrogen-bond acceptors (Lipinski definition) is 5. The van der Waals surface area contributed by atoms with Crippen LogP contribution in [0.25, 0.3) is 5.65 Å². The Bertz CT molecular complexity index is 832. The summed E-state index contributed by atoms with van der Waals surface area (Å²) in [4.78, 5) is 23.4. The van der Waals surface area contributed by atoms with Crippen molar-refractivity contribution in [2.45, 2.75) is 13.0 Å². The molecule has 2 heterocycles. The van der Waals surface area contributed by atoms with Gasteiger partial charge in [0.2, 0.25) is 5.91 Å². The number of carbonyl (C=O) groups excluding carboxylic acids is 1. The van der Waals surface area contributed by atoms with Crippen LogP contribution in [0.3, 0.4) is 0 Å². The van der Waals surface area contributed by atoms with Gasteiger partial charge in [0.1, 0.15) is 18.7 Å². The Morgan fingerprint density at radius 3 is 2.79 bits per heavy atom. The van der Waals surface area contributed by atoms with Gasteiger partial charge in [-0.3, -0.25) is 9.59 Å². The lowest BCUT2D eigenvalue weighted by Crippen LogP contribution is -2.13. The molecule has 0 unspecified atom stereocenters. The van der Waals surface area contributed by atoms with Gasteiger partial charge in [-0.2, -0.15) is 5.10 Å². The van der Waals surface area contributed by atoms with Gasteiger partial charge in [-0.25, -0.2) is 9.50 Å². The number of carbonyl (C=O) groups is 2. The monoisotopic (exact) mass is 328 g/mol. The molecular weight excluding hydrogens is 312 g/mol. The van der Waals surface area contributed by atoms with Crippen molar-refractivity contribution in [2.24, 2.45) is 5.73 Å². The standard InChI is InChI=1S/C15H14N4O2.CH2O2/c16-14(20)8-11-3-1-5-13(7-11)21-9-12-4-2-6-15-17-10-18-19(12)15;2-1-3/h1-7,10H,8-9H2,(H2,16,20);1H,(H,2,3). The number of rotatable bonds is 5. The molecule has 1 aromatic carbocycles. The molecule has 8 nitrogen and oxygen atoms in total. The van der Waals surface area contributed by atoms with Gasteiger partial charge in [-0.1, -0.05) is 18.2 Å². The molecule has 0 bridgehead atoms. The second-order valence-corrected chi connectivity index (χ2v) is 4.73. The number of benzene rings is 1. The van der Waals surface area contributed by atoms with Gasteiger partial charge in [0.15, 0.2) is 5.65 Å². The molecule has 3 rings (SSSR count). The van der Waals surface area contributed by atoms with E-state index in [2.05, 4.69) is 10.1 Å². The molecule has 8 heteroatoms. The summed E-state index contributed by atoms with van der Waals surface area (Å²) in [6.07, 6.45) is 1.71. The first-order valence-corrected chi connectivity index (χ1v) is 6.99. The fraction of sp³-hybridized carbons (Fsp3) is 0.125. The molecule has 0 atom stereocenters. The Hall–Kier alpha value is -3.42. The molecule has 124 valence electrons. The summed E-state index contributed by atoms with van der Waals surface area (Å²) in [5.41, 5.74) is 7.69. The zero-order valence-electron chi connectivity index (χ0n) is 12.7. The van der Waals surface area contributed by atoms with E-state index < -0.39 is 0 Å². The van der Waals surface area contributed by atoms with Crippen molar-refractivity contribution in [1.82, 2.24) is 14.6 Å². The van der Waals surface area contributed by atoms with Gasteiger partial charge in [0, 0.05) is 0 Å². The second kappa shape index (κ2) is 8.28. The number of primary amides is 1. The highest BCUT2D eigenvalue weighted by Crippen LogP contribution is 2.16. The van der Waals surface area contributed by atoms with Crippen molar-refractivity contribution in [2.75, 3.05) is 0 Å². The highest BCUT2D eigenvalue weighted by molar-refractivity contribution is 5.76. The number of ether oxygens (including phenoxy) is 1.